The molecule has 2 rings (SSSR count). The fourth-order valence-corrected chi connectivity index (χ4v) is 2.99. The molecule has 2 unspecified atom stereocenters. The molecule has 1 aromatic heterocycles. The summed E-state index contributed by atoms with van der Waals surface area (Å²) in [5, 5.41) is 11.0. The van der Waals surface area contributed by atoms with E-state index in [9.17, 15) is 9.59 Å². The lowest BCUT2D eigenvalue weighted by molar-refractivity contribution is -0.121. The second-order valence-electron chi connectivity index (χ2n) is 5.13. The summed E-state index contributed by atoms with van der Waals surface area (Å²) in [4.78, 5) is 24.2. The minimum Gasteiger partial charge on any atom is -0.353 e. The summed E-state index contributed by atoms with van der Waals surface area (Å²) in [5.41, 5.74) is 0. The highest BCUT2D eigenvalue weighted by Crippen LogP contribution is 2.09. The first-order chi connectivity index (χ1) is 9.65. The molecule has 7 heteroatoms. The number of carbonyl (C=O) groups excluding carboxylic acids is 2. The van der Waals surface area contributed by atoms with Gasteiger partial charge in [0.15, 0.2) is 0 Å². The fraction of sp³-hybridized carbons (Fsp3) is 0.571. The van der Waals surface area contributed by atoms with E-state index in [1.807, 2.05) is 11.4 Å². The second kappa shape index (κ2) is 9.02. The third-order valence-electron chi connectivity index (χ3n) is 3.37. The Labute approximate surface area is 135 Å². The highest BCUT2D eigenvalue weighted by molar-refractivity contribution is 7.12. The van der Waals surface area contributed by atoms with Crippen LogP contribution in [0.15, 0.2) is 17.5 Å². The molecule has 2 atom stereocenters. The molecular formula is C14H22ClN3O2S. The minimum atomic E-state index is -0.108. The molecule has 21 heavy (non-hydrogen) atoms. The number of hydrogen-bond acceptors (Lipinski definition) is 4. The van der Waals surface area contributed by atoms with E-state index in [2.05, 4.69) is 22.9 Å². The molecule has 1 aliphatic heterocycles. The molecule has 0 radical (unpaired) electrons. The Bertz CT molecular complexity index is 453. The fourth-order valence-electron chi connectivity index (χ4n) is 2.35. The summed E-state index contributed by atoms with van der Waals surface area (Å²) >= 11 is 1.40. The van der Waals surface area contributed by atoms with Crippen molar-refractivity contribution in [2.24, 2.45) is 0 Å². The quantitative estimate of drug-likeness (QED) is 0.766. The van der Waals surface area contributed by atoms with Gasteiger partial charge in [0.05, 0.1) is 4.88 Å². The van der Waals surface area contributed by atoms with Crippen LogP contribution in [-0.4, -0.2) is 37.0 Å². The summed E-state index contributed by atoms with van der Waals surface area (Å²) in [6.45, 7) is 3.45. The molecule has 118 valence electrons. The molecule has 1 aliphatic rings. The van der Waals surface area contributed by atoms with E-state index in [1.165, 1.54) is 11.3 Å². The van der Waals surface area contributed by atoms with Gasteiger partial charge in [0.1, 0.15) is 0 Å². The lowest BCUT2D eigenvalue weighted by atomic mass is 10.0. The van der Waals surface area contributed by atoms with Gasteiger partial charge in [-0.25, -0.2) is 0 Å². The minimum absolute atomic E-state index is 0. The zero-order valence-electron chi connectivity index (χ0n) is 12.1. The molecule has 0 aromatic carbocycles. The van der Waals surface area contributed by atoms with Crippen LogP contribution in [0.2, 0.25) is 0 Å². The number of nitrogens with one attached hydrogen (secondary N) is 3. The van der Waals surface area contributed by atoms with Crippen LogP contribution < -0.4 is 16.0 Å². The summed E-state index contributed by atoms with van der Waals surface area (Å²) < 4.78 is 0. The SMILES string of the molecule is CC1CC(NC(=O)CCNC(=O)c2cccs2)CCN1.Cl. The number of carbonyl (C=O) groups is 2. The van der Waals surface area contributed by atoms with E-state index in [4.69, 9.17) is 0 Å². The monoisotopic (exact) mass is 331 g/mol. The van der Waals surface area contributed by atoms with Gasteiger partial charge in [-0.15, -0.1) is 23.7 Å². The van der Waals surface area contributed by atoms with Crippen molar-refractivity contribution in [2.75, 3.05) is 13.1 Å². The van der Waals surface area contributed by atoms with Crippen molar-refractivity contribution in [1.82, 2.24) is 16.0 Å². The molecule has 0 bridgehead atoms. The number of piperidine rings is 1. The van der Waals surface area contributed by atoms with Crippen LogP contribution in [0, 0.1) is 0 Å². The molecule has 1 aromatic rings. The average molecular weight is 332 g/mol. The second-order valence-corrected chi connectivity index (χ2v) is 6.07. The third-order valence-corrected chi connectivity index (χ3v) is 4.24. The smallest absolute Gasteiger partial charge is 0.261 e. The van der Waals surface area contributed by atoms with Gasteiger partial charge in [0.2, 0.25) is 5.91 Å². The summed E-state index contributed by atoms with van der Waals surface area (Å²) in [7, 11) is 0. The van der Waals surface area contributed by atoms with Gasteiger partial charge in [0, 0.05) is 25.0 Å². The molecule has 2 amide bonds. The molecule has 1 saturated heterocycles. The van der Waals surface area contributed by atoms with Crippen molar-refractivity contribution < 1.29 is 9.59 Å². The molecule has 0 saturated carbocycles. The van der Waals surface area contributed by atoms with Crippen molar-refractivity contribution in [1.29, 1.82) is 0 Å². The Hall–Kier alpha value is -1.11. The van der Waals surface area contributed by atoms with E-state index in [0.29, 0.717) is 23.9 Å². The Kier molecular flexibility index (Phi) is 7.71. The Balaban J connectivity index is 0.00000220. The maximum Gasteiger partial charge on any atom is 0.261 e. The Morgan fingerprint density at radius 1 is 1.48 bits per heavy atom. The van der Waals surface area contributed by atoms with Gasteiger partial charge < -0.3 is 16.0 Å². The largest absolute Gasteiger partial charge is 0.353 e. The summed E-state index contributed by atoms with van der Waals surface area (Å²) in [6, 6.07) is 4.32. The van der Waals surface area contributed by atoms with Gasteiger partial charge in [0.25, 0.3) is 5.91 Å². The van der Waals surface area contributed by atoms with Crippen molar-refractivity contribution in [3.63, 3.8) is 0 Å². The van der Waals surface area contributed by atoms with Crippen LogP contribution in [0.25, 0.3) is 0 Å². The van der Waals surface area contributed by atoms with Gasteiger partial charge in [-0.05, 0) is 37.8 Å². The van der Waals surface area contributed by atoms with Crippen molar-refractivity contribution >= 4 is 35.6 Å². The normalized spacial score (nSPS) is 21.2. The van der Waals surface area contributed by atoms with Gasteiger partial charge >= 0.3 is 0 Å². The molecule has 2 heterocycles. The maximum atomic E-state index is 11.8. The zero-order chi connectivity index (χ0) is 14.4. The first-order valence-corrected chi connectivity index (χ1v) is 7.87. The zero-order valence-corrected chi connectivity index (χ0v) is 13.7. The predicted molar refractivity (Wildman–Crippen MR) is 87.1 cm³/mol. The molecule has 3 N–H and O–H groups in total. The average Bonchev–Trinajstić information content (AvgIpc) is 2.92. The van der Waals surface area contributed by atoms with E-state index in [0.717, 1.165) is 19.4 Å². The van der Waals surface area contributed by atoms with Gasteiger partial charge in [-0.2, -0.15) is 0 Å². The highest BCUT2D eigenvalue weighted by atomic mass is 35.5. The summed E-state index contributed by atoms with van der Waals surface area (Å²) in [6.07, 6.45) is 2.26. The van der Waals surface area contributed by atoms with Crippen molar-refractivity contribution in [2.45, 2.75) is 38.3 Å². The van der Waals surface area contributed by atoms with Gasteiger partial charge in [-0.3, -0.25) is 9.59 Å². The lowest BCUT2D eigenvalue weighted by Crippen LogP contribution is -2.47. The highest BCUT2D eigenvalue weighted by Gasteiger charge is 2.19. The van der Waals surface area contributed by atoms with E-state index in [1.54, 1.807) is 6.07 Å². The topological polar surface area (TPSA) is 70.2 Å². The van der Waals surface area contributed by atoms with Gasteiger partial charge in [-0.1, -0.05) is 6.07 Å². The number of amides is 2. The van der Waals surface area contributed by atoms with Crippen molar-refractivity contribution in [3.8, 4) is 0 Å². The molecule has 0 spiro atoms. The molecule has 0 aliphatic carbocycles. The van der Waals surface area contributed by atoms with Crippen LogP contribution >= 0.6 is 23.7 Å². The van der Waals surface area contributed by atoms with Crippen LogP contribution in [0.1, 0.15) is 35.9 Å². The van der Waals surface area contributed by atoms with E-state index in [-0.39, 0.29) is 30.3 Å². The Morgan fingerprint density at radius 2 is 2.29 bits per heavy atom. The number of rotatable bonds is 5. The molecule has 5 nitrogen and oxygen atoms in total. The third kappa shape index (κ3) is 6.03. The van der Waals surface area contributed by atoms with Crippen LogP contribution in [0.4, 0.5) is 0 Å². The number of hydrogen-bond donors (Lipinski definition) is 3. The first kappa shape index (κ1) is 17.9. The first-order valence-electron chi connectivity index (χ1n) is 6.99. The predicted octanol–water partition coefficient (Wildman–Crippen LogP) is 1.55. The van der Waals surface area contributed by atoms with Crippen molar-refractivity contribution in [3.05, 3.63) is 22.4 Å². The summed E-state index contributed by atoms with van der Waals surface area (Å²) in [5.74, 6) is -0.0983. The van der Waals surface area contributed by atoms with Crippen LogP contribution in [-0.2, 0) is 4.79 Å². The standard InChI is InChI=1S/C14H21N3O2S.ClH/c1-10-9-11(4-6-15-10)17-13(18)5-7-16-14(19)12-3-2-8-20-12;/h2-3,8,10-11,15H,4-7,9H2,1H3,(H,16,19)(H,17,18);1H. The van der Waals surface area contributed by atoms with Crippen LogP contribution in [0.5, 0.6) is 0 Å². The van der Waals surface area contributed by atoms with E-state index < -0.39 is 0 Å². The van der Waals surface area contributed by atoms with E-state index >= 15 is 0 Å². The molecular weight excluding hydrogens is 310 g/mol. The lowest BCUT2D eigenvalue weighted by Gasteiger charge is -2.28. The Morgan fingerprint density at radius 3 is 2.95 bits per heavy atom. The number of thiophene rings is 1. The molecule has 1 fully saturated rings. The van der Waals surface area contributed by atoms with Crippen LogP contribution in [0.3, 0.4) is 0 Å². The number of halogens is 1. The maximum absolute atomic E-state index is 11.8.